The second kappa shape index (κ2) is 3.59. The highest BCUT2D eigenvalue weighted by molar-refractivity contribution is 5.83. The second-order valence-electron chi connectivity index (χ2n) is 3.94. The molecule has 0 spiro atoms. The maximum atomic E-state index is 11.6. The summed E-state index contributed by atoms with van der Waals surface area (Å²) >= 11 is 0. The summed E-state index contributed by atoms with van der Waals surface area (Å²) in [5.74, 6) is 0.290. The molecule has 0 aliphatic carbocycles. The van der Waals surface area contributed by atoms with E-state index in [4.69, 9.17) is 4.74 Å². The second-order valence-corrected chi connectivity index (χ2v) is 3.94. The van der Waals surface area contributed by atoms with Crippen LogP contribution in [0, 0.1) is 0 Å². The number of carbonyl (C=O) groups is 2. The topological polar surface area (TPSA) is 46.6 Å². The van der Waals surface area contributed by atoms with E-state index in [0.29, 0.717) is 19.4 Å². The number of nitrogens with zero attached hydrogens (tertiary/aromatic N) is 1. The number of Topliss-reactive ketones (excluding diaryl/α,β-unsaturated/α-hetero) is 1. The molecule has 0 N–H and O–H groups in total. The van der Waals surface area contributed by atoms with Gasteiger partial charge >= 0.3 is 6.09 Å². The Morgan fingerprint density at radius 1 is 1.43 bits per heavy atom. The number of rotatable bonds is 1. The van der Waals surface area contributed by atoms with E-state index in [1.165, 1.54) is 0 Å². The van der Waals surface area contributed by atoms with E-state index in [1.54, 1.807) is 11.8 Å². The van der Waals surface area contributed by atoms with E-state index in [2.05, 4.69) is 0 Å². The third-order valence-electron chi connectivity index (χ3n) is 3.03. The fourth-order valence-corrected chi connectivity index (χ4v) is 2.47. The van der Waals surface area contributed by atoms with Gasteiger partial charge in [0, 0.05) is 24.9 Å². The molecular weight excluding hydrogens is 182 g/mol. The van der Waals surface area contributed by atoms with Crippen molar-refractivity contribution in [2.45, 2.75) is 44.7 Å². The van der Waals surface area contributed by atoms with Crippen LogP contribution in [-0.2, 0) is 9.53 Å². The molecule has 2 saturated heterocycles. The molecule has 2 aliphatic rings. The maximum Gasteiger partial charge on any atom is 0.410 e. The normalized spacial score (nSPS) is 30.6. The lowest BCUT2D eigenvalue weighted by molar-refractivity contribution is -0.123. The molecule has 2 heterocycles. The van der Waals surface area contributed by atoms with E-state index in [1.807, 2.05) is 0 Å². The number of ether oxygens (including phenoxy) is 1. The highest BCUT2D eigenvalue weighted by Gasteiger charge is 2.43. The van der Waals surface area contributed by atoms with E-state index < -0.39 is 0 Å². The number of hydrogen-bond donors (Lipinski definition) is 0. The average molecular weight is 197 g/mol. The van der Waals surface area contributed by atoms with Crippen LogP contribution in [0.2, 0.25) is 0 Å². The van der Waals surface area contributed by atoms with Crippen molar-refractivity contribution in [1.29, 1.82) is 0 Å². The first-order valence-corrected chi connectivity index (χ1v) is 5.19. The molecule has 0 aromatic heterocycles. The van der Waals surface area contributed by atoms with Crippen molar-refractivity contribution in [3.63, 3.8) is 0 Å². The molecule has 2 rings (SSSR count). The van der Waals surface area contributed by atoms with E-state index in [-0.39, 0.29) is 24.0 Å². The molecule has 0 aromatic rings. The van der Waals surface area contributed by atoms with Gasteiger partial charge in [0.2, 0.25) is 0 Å². The van der Waals surface area contributed by atoms with Crippen molar-refractivity contribution in [2.24, 2.45) is 0 Å². The Labute approximate surface area is 83.2 Å². The third-order valence-corrected chi connectivity index (χ3v) is 3.03. The highest BCUT2D eigenvalue weighted by Crippen LogP contribution is 2.34. The fraction of sp³-hybridized carbons (Fsp3) is 0.800. The minimum atomic E-state index is -0.243. The summed E-state index contributed by atoms with van der Waals surface area (Å²) in [4.78, 5) is 24.6. The van der Waals surface area contributed by atoms with Crippen LogP contribution in [0.4, 0.5) is 4.79 Å². The van der Waals surface area contributed by atoms with E-state index in [0.717, 1.165) is 12.8 Å². The smallest absolute Gasteiger partial charge is 0.410 e. The standard InChI is InChI=1S/C10H15NO3/c1-2-14-10(13)11-7-3-4-8(11)6-9(12)5-7/h7-8H,2-6H2,1H3/t7-,8?/m0/s1. The van der Waals surface area contributed by atoms with Gasteiger partial charge in [-0.25, -0.2) is 4.79 Å². The highest BCUT2D eigenvalue weighted by atomic mass is 16.6. The minimum Gasteiger partial charge on any atom is -0.450 e. The predicted octanol–water partition coefficient (Wildman–Crippen LogP) is 1.34. The van der Waals surface area contributed by atoms with Gasteiger partial charge in [-0.1, -0.05) is 0 Å². The van der Waals surface area contributed by atoms with Crippen molar-refractivity contribution in [3.8, 4) is 0 Å². The molecule has 2 aliphatic heterocycles. The van der Waals surface area contributed by atoms with Crippen LogP contribution in [0.3, 0.4) is 0 Å². The summed E-state index contributed by atoms with van der Waals surface area (Å²) in [6.07, 6.45) is 2.71. The number of hydrogen-bond acceptors (Lipinski definition) is 3. The first-order chi connectivity index (χ1) is 6.72. The summed E-state index contributed by atoms with van der Waals surface area (Å²) < 4.78 is 4.97. The van der Waals surface area contributed by atoms with Crippen LogP contribution in [0.5, 0.6) is 0 Å². The van der Waals surface area contributed by atoms with Crippen LogP contribution in [0.1, 0.15) is 32.6 Å². The summed E-state index contributed by atoms with van der Waals surface area (Å²) in [5, 5.41) is 0. The van der Waals surface area contributed by atoms with E-state index >= 15 is 0 Å². The fourth-order valence-electron chi connectivity index (χ4n) is 2.47. The predicted molar refractivity (Wildman–Crippen MR) is 49.9 cm³/mol. The van der Waals surface area contributed by atoms with Crippen molar-refractivity contribution in [3.05, 3.63) is 0 Å². The van der Waals surface area contributed by atoms with Gasteiger partial charge in [-0.05, 0) is 19.8 Å². The Hall–Kier alpha value is -1.06. The first-order valence-electron chi connectivity index (χ1n) is 5.19. The molecule has 0 saturated carbocycles. The van der Waals surface area contributed by atoms with Gasteiger partial charge in [0.25, 0.3) is 0 Å². The summed E-state index contributed by atoms with van der Waals surface area (Å²) in [5.41, 5.74) is 0. The Bertz CT molecular complexity index is 248. The van der Waals surface area contributed by atoms with Crippen molar-refractivity contribution in [1.82, 2.24) is 4.90 Å². The summed E-state index contributed by atoms with van der Waals surface area (Å²) in [6.45, 7) is 2.21. The molecule has 0 radical (unpaired) electrons. The van der Waals surface area contributed by atoms with Crippen molar-refractivity contribution >= 4 is 11.9 Å². The SMILES string of the molecule is CCOC(=O)N1C2CC[C@H]1CC(=O)C2. The number of ketones is 1. The summed E-state index contributed by atoms with van der Waals surface area (Å²) in [6, 6.07) is 0.223. The molecule has 4 nitrogen and oxygen atoms in total. The molecule has 4 heteroatoms. The first kappa shape index (κ1) is 9.49. The third kappa shape index (κ3) is 1.49. The van der Waals surface area contributed by atoms with Crippen LogP contribution >= 0.6 is 0 Å². The van der Waals surface area contributed by atoms with Crippen molar-refractivity contribution in [2.75, 3.05) is 6.61 Å². The molecule has 2 bridgehead atoms. The lowest BCUT2D eigenvalue weighted by Gasteiger charge is -2.32. The van der Waals surface area contributed by atoms with Crippen molar-refractivity contribution < 1.29 is 14.3 Å². The lowest BCUT2D eigenvalue weighted by atomic mass is 10.0. The Kier molecular flexibility index (Phi) is 2.44. The van der Waals surface area contributed by atoms with E-state index in [9.17, 15) is 9.59 Å². The number of carbonyl (C=O) groups excluding carboxylic acids is 2. The molecule has 2 fully saturated rings. The molecule has 0 aromatic carbocycles. The van der Waals surface area contributed by atoms with Crippen LogP contribution in [0.25, 0.3) is 0 Å². The van der Waals surface area contributed by atoms with Crippen LogP contribution in [0.15, 0.2) is 0 Å². The maximum absolute atomic E-state index is 11.6. The zero-order chi connectivity index (χ0) is 10.1. The zero-order valence-electron chi connectivity index (χ0n) is 8.36. The van der Waals surface area contributed by atoms with Gasteiger partial charge < -0.3 is 9.64 Å². The number of amides is 1. The Morgan fingerprint density at radius 2 is 2.00 bits per heavy atom. The van der Waals surface area contributed by atoms with Gasteiger partial charge in [-0.2, -0.15) is 0 Å². The quantitative estimate of drug-likeness (QED) is 0.637. The molecular formula is C10H15NO3. The minimum absolute atomic E-state index is 0.111. The van der Waals surface area contributed by atoms with Gasteiger partial charge in [-0.15, -0.1) is 0 Å². The molecule has 78 valence electrons. The van der Waals surface area contributed by atoms with Crippen LogP contribution in [-0.4, -0.2) is 35.5 Å². The molecule has 1 amide bonds. The Morgan fingerprint density at radius 3 is 2.50 bits per heavy atom. The zero-order valence-corrected chi connectivity index (χ0v) is 8.36. The van der Waals surface area contributed by atoms with Crippen LogP contribution < -0.4 is 0 Å². The molecule has 1 unspecified atom stereocenters. The van der Waals surface area contributed by atoms with Gasteiger partial charge in [0.05, 0.1) is 6.61 Å². The largest absolute Gasteiger partial charge is 0.450 e. The number of piperidine rings is 1. The molecule has 2 atom stereocenters. The Balaban J connectivity index is 2.07. The van der Waals surface area contributed by atoms with Gasteiger partial charge in [0.1, 0.15) is 5.78 Å². The monoisotopic (exact) mass is 197 g/mol. The van der Waals surface area contributed by atoms with Gasteiger partial charge in [0.15, 0.2) is 0 Å². The van der Waals surface area contributed by atoms with Gasteiger partial charge in [-0.3, -0.25) is 4.79 Å². The average Bonchev–Trinajstić information content (AvgIpc) is 2.39. The summed E-state index contributed by atoms with van der Waals surface area (Å²) in [7, 11) is 0. The lowest BCUT2D eigenvalue weighted by Crippen LogP contribution is -2.46. The molecule has 14 heavy (non-hydrogen) atoms. The number of fused-ring (bicyclic) bond motifs is 2.